The molecule has 0 saturated carbocycles. The normalized spacial score (nSPS) is 14.5. The first-order valence-electron chi connectivity index (χ1n) is 5.72. The number of nitrogens with two attached hydrogens (primary N) is 1. The zero-order valence-electron chi connectivity index (χ0n) is 9.84. The molecule has 0 spiro atoms. The molecule has 0 aromatic heterocycles. The molecule has 0 saturated heterocycles. The first kappa shape index (κ1) is 12.9. The first-order chi connectivity index (χ1) is 6.16. The molecule has 0 amide bonds. The monoisotopic (exact) mass is 187 g/mol. The lowest BCUT2D eigenvalue weighted by Gasteiger charge is -2.41. The zero-order chi connectivity index (χ0) is 10.3. The highest BCUT2D eigenvalue weighted by Gasteiger charge is 2.27. The molecule has 0 aliphatic carbocycles. The summed E-state index contributed by atoms with van der Waals surface area (Å²) in [4.78, 5) is 0. The van der Waals surface area contributed by atoms with E-state index in [9.17, 15) is 0 Å². The summed E-state index contributed by atoms with van der Waals surface area (Å²) in [5.41, 5.74) is 5.54. The van der Waals surface area contributed by atoms with Gasteiger partial charge in [0.15, 0.2) is 0 Å². The summed E-state index contributed by atoms with van der Waals surface area (Å²) >= 11 is 0. The molecule has 80 valence electrons. The maximum atomic E-state index is 5.54. The minimum atomic E-state index is 0.767. The van der Waals surface area contributed by atoms with E-state index in [-0.39, 0.29) is 0 Å². The number of quaternary nitrogens is 1. The van der Waals surface area contributed by atoms with Gasteiger partial charge in [0.1, 0.15) is 0 Å². The second-order valence-corrected chi connectivity index (χ2v) is 3.95. The third-order valence-corrected chi connectivity index (χ3v) is 3.65. The lowest BCUT2D eigenvalue weighted by Crippen LogP contribution is -2.53. The summed E-state index contributed by atoms with van der Waals surface area (Å²) in [7, 11) is 0. The molecule has 2 nitrogen and oxygen atoms in total. The van der Waals surface area contributed by atoms with Crippen molar-refractivity contribution in [3.8, 4) is 0 Å². The van der Waals surface area contributed by atoms with Crippen LogP contribution < -0.4 is 5.73 Å². The Bertz CT molecular complexity index is 111. The second kappa shape index (κ2) is 6.39. The van der Waals surface area contributed by atoms with Crippen LogP contribution in [0.2, 0.25) is 0 Å². The first-order valence-corrected chi connectivity index (χ1v) is 5.72. The average Bonchev–Trinajstić information content (AvgIpc) is 2.18. The fourth-order valence-corrected chi connectivity index (χ4v) is 2.29. The van der Waals surface area contributed by atoms with Gasteiger partial charge in [0.25, 0.3) is 0 Å². The molecule has 0 heterocycles. The third-order valence-electron chi connectivity index (χ3n) is 3.65. The molecule has 0 radical (unpaired) electrons. The molecule has 13 heavy (non-hydrogen) atoms. The molecule has 0 aromatic rings. The summed E-state index contributed by atoms with van der Waals surface area (Å²) in [5.74, 6) is 0. The van der Waals surface area contributed by atoms with Crippen molar-refractivity contribution in [3.05, 3.63) is 0 Å². The van der Waals surface area contributed by atoms with Crippen LogP contribution in [0.3, 0.4) is 0 Å². The summed E-state index contributed by atoms with van der Waals surface area (Å²) in [6.45, 7) is 13.8. The van der Waals surface area contributed by atoms with Crippen LogP contribution in [0.1, 0.15) is 40.5 Å². The van der Waals surface area contributed by atoms with Gasteiger partial charge < -0.3 is 10.2 Å². The Balaban J connectivity index is 4.17. The molecule has 0 aromatic carbocycles. The van der Waals surface area contributed by atoms with Gasteiger partial charge in [0, 0.05) is 6.42 Å². The lowest BCUT2D eigenvalue weighted by molar-refractivity contribution is -0.945. The number of hydrogen-bond donors (Lipinski definition) is 1. The van der Waals surface area contributed by atoms with Gasteiger partial charge in [-0.2, -0.15) is 0 Å². The highest BCUT2D eigenvalue weighted by atomic mass is 15.4. The van der Waals surface area contributed by atoms with Crippen molar-refractivity contribution in [1.82, 2.24) is 0 Å². The SMILES string of the molecule is CC[N+](CC)(CC)C(C)CCCN. The third kappa shape index (κ3) is 3.28. The molecule has 2 heteroatoms. The Morgan fingerprint density at radius 2 is 1.54 bits per heavy atom. The number of rotatable bonds is 7. The van der Waals surface area contributed by atoms with E-state index in [1.807, 2.05) is 0 Å². The Morgan fingerprint density at radius 1 is 1.08 bits per heavy atom. The molecule has 0 bridgehead atoms. The minimum Gasteiger partial charge on any atom is -0.330 e. The van der Waals surface area contributed by atoms with E-state index < -0.39 is 0 Å². The van der Waals surface area contributed by atoms with E-state index in [4.69, 9.17) is 5.73 Å². The highest BCUT2D eigenvalue weighted by Crippen LogP contribution is 2.16. The predicted octanol–water partition coefficient (Wildman–Crippen LogP) is 1.99. The van der Waals surface area contributed by atoms with E-state index in [1.54, 1.807) is 0 Å². The van der Waals surface area contributed by atoms with Crippen LogP contribution >= 0.6 is 0 Å². The summed E-state index contributed by atoms with van der Waals surface area (Å²) in [6.07, 6.45) is 2.44. The smallest absolute Gasteiger partial charge is 0.0862 e. The van der Waals surface area contributed by atoms with Gasteiger partial charge in [0.05, 0.1) is 25.7 Å². The summed E-state index contributed by atoms with van der Waals surface area (Å²) in [6, 6.07) is 0.767. The maximum absolute atomic E-state index is 5.54. The largest absolute Gasteiger partial charge is 0.330 e. The average molecular weight is 187 g/mol. The van der Waals surface area contributed by atoms with Gasteiger partial charge in [-0.15, -0.1) is 0 Å². The molecule has 2 N–H and O–H groups in total. The second-order valence-electron chi connectivity index (χ2n) is 3.95. The van der Waals surface area contributed by atoms with Crippen molar-refractivity contribution in [2.75, 3.05) is 26.2 Å². The van der Waals surface area contributed by atoms with Crippen LogP contribution in [0.25, 0.3) is 0 Å². The van der Waals surface area contributed by atoms with Gasteiger partial charge in [-0.1, -0.05) is 0 Å². The van der Waals surface area contributed by atoms with Crippen LogP contribution in [-0.2, 0) is 0 Å². The summed E-state index contributed by atoms with van der Waals surface area (Å²) in [5, 5.41) is 0. The van der Waals surface area contributed by atoms with Crippen molar-refractivity contribution in [3.63, 3.8) is 0 Å². The molecule has 1 unspecified atom stereocenters. The maximum Gasteiger partial charge on any atom is 0.0862 e. The van der Waals surface area contributed by atoms with Crippen LogP contribution in [-0.4, -0.2) is 36.7 Å². The van der Waals surface area contributed by atoms with E-state index in [0.717, 1.165) is 12.6 Å². The fraction of sp³-hybridized carbons (Fsp3) is 1.00. The predicted molar refractivity (Wildman–Crippen MR) is 59.6 cm³/mol. The molecule has 0 aliphatic rings. The fourth-order valence-electron chi connectivity index (χ4n) is 2.29. The molecular weight excluding hydrogens is 160 g/mol. The van der Waals surface area contributed by atoms with E-state index in [0.29, 0.717) is 0 Å². The number of hydrogen-bond acceptors (Lipinski definition) is 1. The van der Waals surface area contributed by atoms with E-state index in [2.05, 4.69) is 27.7 Å². The molecule has 0 rings (SSSR count). The highest BCUT2D eigenvalue weighted by molar-refractivity contribution is 4.54. The van der Waals surface area contributed by atoms with Crippen molar-refractivity contribution in [2.45, 2.75) is 46.6 Å². The Hall–Kier alpha value is -0.0800. The standard InChI is InChI=1S/C11H27N2/c1-5-13(6-2,7-3)11(4)9-8-10-12/h11H,5-10,12H2,1-4H3/q+1. The van der Waals surface area contributed by atoms with E-state index in [1.165, 1.54) is 37.0 Å². The number of nitrogens with zero attached hydrogens (tertiary/aromatic N) is 1. The Labute approximate surface area is 83.7 Å². The summed E-state index contributed by atoms with van der Waals surface area (Å²) < 4.78 is 1.25. The topological polar surface area (TPSA) is 26.0 Å². The van der Waals surface area contributed by atoms with Crippen molar-refractivity contribution >= 4 is 0 Å². The zero-order valence-corrected chi connectivity index (χ0v) is 9.84. The van der Waals surface area contributed by atoms with Crippen LogP contribution in [0, 0.1) is 0 Å². The van der Waals surface area contributed by atoms with Gasteiger partial charge in [-0.05, 0) is 40.7 Å². The van der Waals surface area contributed by atoms with Gasteiger partial charge in [-0.3, -0.25) is 0 Å². The lowest BCUT2D eigenvalue weighted by atomic mass is 10.1. The minimum absolute atomic E-state index is 0.767. The Morgan fingerprint density at radius 3 is 1.85 bits per heavy atom. The van der Waals surface area contributed by atoms with Crippen LogP contribution in [0.4, 0.5) is 0 Å². The Kier molecular flexibility index (Phi) is 6.35. The van der Waals surface area contributed by atoms with Gasteiger partial charge in [0.2, 0.25) is 0 Å². The van der Waals surface area contributed by atoms with Gasteiger partial charge in [-0.25, -0.2) is 0 Å². The van der Waals surface area contributed by atoms with Gasteiger partial charge >= 0.3 is 0 Å². The van der Waals surface area contributed by atoms with Crippen LogP contribution in [0.15, 0.2) is 0 Å². The quantitative estimate of drug-likeness (QED) is 0.606. The molecule has 0 aliphatic heterocycles. The molecule has 1 atom stereocenters. The van der Waals surface area contributed by atoms with Crippen molar-refractivity contribution in [1.29, 1.82) is 0 Å². The van der Waals surface area contributed by atoms with E-state index >= 15 is 0 Å². The van der Waals surface area contributed by atoms with Crippen LogP contribution in [0.5, 0.6) is 0 Å². The molecular formula is C11H27N2+. The van der Waals surface area contributed by atoms with Crippen molar-refractivity contribution < 1.29 is 4.48 Å². The van der Waals surface area contributed by atoms with Crippen molar-refractivity contribution in [2.24, 2.45) is 5.73 Å². The molecule has 0 fully saturated rings.